The number of unbranched alkanes of at least 4 members (excludes halogenated alkanes) is 3. The lowest BCUT2D eigenvalue weighted by Gasteiger charge is -2.27. The van der Waals surface area contributed by atoms with Crippen LogP contribution in [0.3, 0.4) is 0 Å². The van der Waals surface area contributed by atoms with Crippen LogP contribution >= 0.6 is 0 Å². The molecule has 0 saturated carbocycles. The zero-order valence-corrected chi connectivity index (χ0v) is 16.7. The second-order valence-corrected chi connectivity index (χ2v) is 6.97. The fourth-order valence-corrected chi connectivity index (χ4v) is 2.73. The van der Waals surface area contributed by atoms with Gasteiger partial charge in [0, 0.05) is 25.9 Å². The number of hydrogen-bond donors (Lipinski definition) is 0. The highest BCUT2D eigenvalue weighted by molar-refractivity contribution is 5.88. The van der Waals surface area contributed by atoms with Crippen LogP contribution in [0.25, 0.3) is 0 Å². The maximum absolute atomic E-state index is 11.9. The minimum absolute atomic E-state index is 0.0799. The number of carbonyl (C=O) groups excluding carboxylic acids is 2. The van der Waals surface area contributed by atoms with Crippen LogP contribution < -0.4 is 0 Å². The second kappa shape index (κ2) is 14.4. The van der Waals surface area contributed by atoms with Crippen molar-refractivity contribution in [1.29, 1.82) is 0 Å². The predicted octanol–water partition coefficient (Wildman–Crippen LogP) is 5.07. The number of hydrogen-bond acceptors (Lipinski definition) is 4. The van der Waals surface area contributed by atoms with Gasteiger partial charge in [0.05, 0.1) is 6.61 Å². The zero-order valence-electron chi connectivity index (χ0n) is 16.7. The number of carbonyl (C=O) groups is 2. The van der Waals surface area contributed by atoms with E-state index in [1.165, 1.54) is 0 Å². The fourth-order valence-electron chi connectivity index (χ4n) is 2.73. The third-order valence-corrected chi connectivity index (χ3v) is 4.40. The average Bonchev–Trinajstić information content (AvgIpc) is 2.66. The molecule has 3 radical (unpaired) electrons. The molecule has 0 aromatic heterocycles. The van der Waals surface area contributed by atoms with E-state index in [4.69, 9.17) is 9.47 Å². The van der Waals surface area contributed by atoms with Gasteiger partial charge in [-0.05, 0) is 44.6 Å². The summed E-state index contributed by atoms with van der Waals surface area (Å²) >= 11 is 0. The molecule has 0 aliphatic rings. The van der Waals surface area contributed by atoms with Gasteiger partial charge < -0.3 is 9.47 Å². The van der Waals surface area contributed by atoms with Crippen molar-refractivity contribution in [3.05, 3.63) is 55.2 Å². The number of ether oxygens (including phenoxy) is 2. The van der Waals surface area contributed by atoms with E-state index in [-0.39, 0.29) is 5.78 Å². The van der Waals surface area contributed by atoms with Gasteiger partial charge >= 0.3 is 0 Å². The van der Waals surface area contributed by atoms with Gasteiger partial charge in [-0.3, -0.25) is 9.59 Å². The molecule has 0 fully saturated rings. The SMILES string of the molecule is CCCCCC(C)([CH][CH][CH]C(=O)CCCCOCc1ccccc1)OC=O. The molecule has 1 aromatic rings. The van der Waals surface area contributed by atoms with Crippen LogP contribution in [0.5, 0.6) is 0 Å². The Morgan fingerprint density at radius 3 is 2.59 bits per heavy atom. The predicted molar refractivity (Wildman–Crippen MR) is 108 cm³/mol. The van der Waals surface area contributed by atoms with Gasteiger partial charge in [-0.2, -0.15) is 0 Å². The molecule has 0 amide bonds. The average molecular weight is 374 g/mol. The molecule has 0 heterocycles. The molecule has 1 unspecified atom stereocenters. The smallest absolute Gasteiger partial charge is 0.293 e. The van der Waals surface area contributed by atoms with Crippen LogP contribution in [-0.4, -0.2) is 24.5 Å². The Morgan fingerprint density at radius 1 is 1.11 bits per heavy atom. The highest BCUT2D eigenvalue weighted by Crippen LogP contribution is 2.24. The van der Waals surface area contributed by atoms with E-state index >= 15 is 0 Å². The molecule has 149 valence electrons. The quantitative estimate of drug-likeness (QED) is 0.283. The van der Waals surface area contributed by atoms with Crippen molar-refractivity contribution in [3.63, 3.8) is 0 Å². The molecule has 0 saturated heterocycles. The summed E-state index contributed by atoms with van der Waals surface area (Å²) < 4.78 is 10.8. The molecule has 4 nitrogen and oxygen atoms in total. The monoisotopic (exact) mass is 373 g/mol. The van der Waals surface area contributed by atoms with Crippen molar-refractivity contribution in [2.24, 2.45) is 0 Å². The first-order valence-electron chi connectivity index (χ1n) is 9.88. The third-order valence-electron chi connectivity index (χ3n) is 4.40. The molecule has 0 aliphatic carbocycles. The first-order chi connectivity index (χ1) is 13.1. The van der Waals surface area contributed by atoms with Gasteiger partial charge in [-0.15, -0.1) is 0 Å². The van der Waals surface area contributed by atoms with Gasteiger partial charge in [0.25, 0.3) is 6.47 Å². The van der Waals surface area contributed by atoms with Crippen LogP contribution in [0.4, 0.5) is 0 Å². The van der Waals surface area contributed by atoms with E-state index < -0.39 is 5.60 Å². The zero-order chi connectivity index (χ0) is 19.8. The first-order valence-corrected chi connectivity index (χ1v) is 9.88. The van der Waals surface area contributed by atoms with E-state index in [0.29, 0.717) is 26.1 Å². The van der Waals surface area contributed by atoms with Crippen LogP contribution in [0.1, 0.15) is 64.4 Å². The molecule has 0 bridgehead atoms. The summed E-state index contributed by atoms with van der Waals surface area (Å²) in [6.07, 6.45) is 11.2. The van der Waals surface area contributed by atoms with E-state index in [9.17, 15) is 9.59 Å². The highest BCUT2D eigenvalue weighted by atomic mass is 16.5. The lowest BCUT2D eigenvalue weighted by atomic mass is 9.91. The summed E-state index contributed by atoms with van der Waals surface area (Å²) in [6.45, 7) is 5.74. The highest BCUT2D eigenvalue weighted by Gasteiger charge is 2.25. The number of Topliss-reactive ketones (excluding diaryl/α,β-unsaturated/α-hetero) is 1. The van der Waals surface area contributed by atoms with Gasteiger partial charge in [0.1, 0.15) is 11.4 Å². The van der Waals surface area contributed by atoms with E-state index in [1.807, 2.05) is 37.3 Å². The van der Waals surface area contributed by atoms with E-state index in [1.54, 1.807) is 19.3 Å². The third kappa shape index (κ3) is 11.6. The summed E-state index contributed by atoms with van der Waals surface area (Å²) in [5.41, 5.74) is 0.519. The number of benzene rings is 1. The largest absolute Gasteiger partial charge is 0.461 e. The summed E-state index contributed by atoms with van der Waals surface area (Å²) in [4.78, 5) is 22.7. The maximum atomic E-state index is 11.9. The van der Waals surface area contributed by atoms with E-state index in [2.05, 4.69) is 6.92 Å². The van der Waals surface area contributed by atoms with Crippen LogP contribution in [0.2, 0.25) is 0 Å². The number of ketones is 1. The Kier molecular flexibility index (Phi) is 12.4. The fraction of sp³-hybridized carbons (Fsp3) is 0.522. The lowest BCUT2D eigenvalue weighted by Crippen LogP contribution is -2.29. The normalized spacial score (nSPS) is 13.1. The minimum atomic E-state index is -0.640. The van der Waals surface area contributed by atoms with Crippen molar-refractivity contribution in [2.75, 3.05) is 6.61 Å². The molecule has 1 atom stereocenters. The second-order valence-electron chi connectivity index (χ2n) is 6.97. The molecule has 1 aromatic carbocycles. The van der Waals surface area contributed by atoms with Crippen molar-refractivity contribution >= 4 is 12.3 Å². The molecule has 0 spiro atoms. The van der Waals surface area contributed by atoms with Gasteiger partial charge in [0.15, 0.2) is 0 Å². The van der Waals surface area contributed by atoms with Crippen LogP contribution in [0.15, 0.2) is 30.3 Å². The van der Waals surface area contributed by atoms with E-state index in [0.717, 1.165) is 44.1 Å². The standard InChI is InChI=1S/C23H33O4/c1-3-4-9-16-23(2,27-20-24)17-11-15-22(25)14-8-10-18-26-19-21-12-6-5-7-13-21/h5-7,11-13,15,17,20H,3-4,8-10,14,16,18-19H2,1-2H3. The van der Waals surface area contributed by atoms with Crippen molar-refractivity contribution < 1.29 is 19.1 Å². The van der Waals surface area contributed by atoms with Crippen molar-refractivity contribution in [1.82, 2.24) is 0 Å². The summed E-state index contributed by atoms with van der Waals surface area (Å²) in [7, 11) is 0. The Labute approximate surface area is 164 Å². The lowest BCUT2D eigenvalue weighted by molar-refractivity contribution is -0.139. The summed E-state index contributed by atoms with van der Waals surface area (Å²) in [6, 6.07) is 10.1. The Bertz CT molecular complexity index is 514. The van der Waals surface area contributed by atoms with Crippen LogP contribution in [0, 0.1) is 19.3 Å². The maximum Gasteiger partial charge on any atom is 0.293 e. The molecule has 0 aliphatic heterocycles. The summed E-state index contributed by atoms with van der Waals surface area (Å²) in [5.74, 6) is 0.0799. The first kappa shape index (κ1) is 23.4. The number of rotatable bonds is 17. The van der Waals surface area contributed by atoms with Crippen molar-refractivity contribution in [2.45, 2.75) is 71.0 Å². The minimum Gasteiger partial charge on any atom is -0.461 e. The topological polar surface area (TPSA) is 52.6 Å². The molecule has 4 heteroatoms. The van der Waals surface area contributed by atoms with Gasteiger partial charge in [0.2, 0.25) is 0 Å². The van der Waals surface area contributed by atoms with Crippen molar-refractivity contribution in [3.8, 4) is 0 Å². The molecular formula is C23H33O4. The molecular weight excluding hydrogens is 340 g/mol. The van der Waals surface area contributed by atoms with Gasteiger partial charge in [-0.25, -0.2) is 0 Å². The Balaban J connectivity index is 2.08. The summed E-state index contributed by atoms with van der Waals surface area (Å²) in [5, 5.41) is 0. The van der Waals surface area contributed by atoms with Gasteiger partial charge in [-0.1, -0.05) is 50.1 Å². The Morgan fingerprint density at radius 2 is 1.89 bits per heavy atom. The Hall–Kier alpha value is -1.68. The molecule has 27 heavy (non-hydrogen) atoms. The molecule has 0 N–H and O–H groups in total. The van der Waals surface area contributed by atoms with Crippen LogP contribution in [-0.2, 0) is 25.7 Å². The molecule has 1 rings (SSSR count).